The minimum absolute atomic E-state index is 0. The molecule has 1 aromatic rings. The van der Waals surface area contributed by atoms with E-state index in [0.29, 0.717) is 0 Å². The SMILES string of the molecule is CC(=O)N1CC[N+](C)(CC(C)(C)NC(=O)OCc2ccccc2)CC1.[I-]. The molecule has 0 bridgehead atoms. The maximum atomic E-state index is 12.1. The molecule has 1 heterocycles. The molecule has 0 aliphatic carbocycles. The number of hydrogen-bond acceptors (Lipinski definition) is 3. The summed E-state index contributed by atoms with van der Waals surface area (Å²) in [5, 5.41) is 2.98. The molecule has 1 saturated heterocycles. The van der Waals surface area contributed by atoms with Crippen LogP contribution in [0.5, 0.6) is 0 Å². The van der Waals surface area contributed by atoms with E-state index in [4.69, 9.17) is 4.74 Å². The second kappa shape index (κ2) is 9.55. The summed E-state index contributed by atoms with van der Waals surface area (Å²) in [5.41, 5.74) is 0.579. The molecular formula is C19H30IN3O3. The molecule has 0 atom stereocenters. The number of quaternary nitrogens is 1. The van der Waals surface area contributed by atoms with Gasteiger partial charge >= 0.3 is 6.09 Å². The van der Waals surface area contributed by atoms with Gasteiger partial charge in [-0.15, -0.1) is 0 Å². The summed E-state index contributed by atoms with van der Waals surface area (Å²) < 4.78 is 6.15. The molecule has 1 fully saturated rings. The van der Waals surface area contributed by atoms with Gasteiger partial charge in [-0.25, -0.2) is 4.79 Å². The number of carbonyl (C=O) groups excluding carboxylic acids is 2. The topological polar surface area (TPSA) is 58.6 Å². The van der Waals surface area contributed by atoms with E-state index >= 15 is 0 Å². The van der Waals surface area contributed by atoms with Gasteiger partial charge in [-0.05, 0) is 19.4 Å². The third-order valence-electron chi connectivity index (χ3n) is 4.70. The number of hydrogen-bond donors (Lipinski definition) is 1. The van der Waals surface area contributed by atoms with Gasteiger partial charge in [-0.3, -0.25) is 4.79 Å². The minimum atomic E-state index is -0.400. The molecule has 1 aliphatic heterocycles. The van der Waals surface area contributed by atoms with Crippen LogP contribution in [0.25, 0.3) is 0 Å². The van der Waals surface area contributed by atoms with E-state index < -0.39 is 6.09 Å². The molecule has 146 valence electrons. The predicted octanol–water partition coefficient (Wildman–Crippen LogP) is -0.996. The van der Waals surface area contributed by atoms with Gasteiger partial charge in [0.25, 0.3) is 0 Å². The lowest BCUT2D eigenvalue weighted by Crippen LogP contribution is -3.00. The monoisotopic (exact) mass is 475 g/mol. The molecule has 0 radical (unpaired) electrons. The van der Waals surface area contributed by atoms with Gasteiger partial charge in [0, 0.05) is 6.92 Å². The molecule has 0 spiro atoms. The summed E-state index contributed by atoms with van der Waals surface area (Å²) >= 11 is 0. The number of nitrogens with zero attached hydrogens (tertiary/aromatic N) is 2. The molecule has 0 unspecified atom stereocenters. The first-order chi connectivity index (χ1) is 11.7. The van der Waals surface area contributed by atoms with E-state index in [1.807, 2.05) is 49.1 Å². The molecule has 26 heavy (non-hydrogen) atoms. The number of halogens is 1. The molecule has 0 aromatic heterocycles. The average molecular weight is 475 g/mol. The second-order valence-corrected chi connectivity index (χ2v) is 7.80. The summed E-state index contributed by atoms with van der Waals surface area (Å²) in [7, 11) is 2.18. The lowest BCUT2D eigenvalue weighted by molar-refractivity contribution is -0.916. The number of rotatable bonds is 5. The fourth-order valence-corrected chi connectivity index (χ4v) is 3.45. The average Bonchev–Trinajstić information content (AvgIpc) is 2.53. The van der Waals surface area contributed by atoms with Gasteiger partial charge in [0.2, 0.25) is 5.91 Å². The van der Waals surface area contributed by atoms with Crippen molar-refractivity contribution in [2.75, 3.05) is 39.8 Å². The van der Waals surface area contributed by atoms with Crippen molar-refractivity contribution < 1.29 is 42.8 Å². The second-order valence-electron chi connectivity index (χ2n) is 7.80. The number of piperazine rings is 1. The Morgan fingerprint density at radius 1 is 1.19 bits per heavy atom. The first-order valence-corrected chi connectivity index (χ1v) is 8.77. The number of alkyl carbamates (subject to hydrolysis) is 1. The molecule has 6 nitrogen and oxygen atoms in total. The maximum absolute atomic E-state index is 12.1. The highest BCUT2D eigenvalue weighted by molar-refractivity contribution is 5.73. The highest BCUT2D eigenvalue weighted by Crippen LogP contribution is 2.16. The Hall–Kier alpha value is -1.35. The van der Waals surface area contributed by atoms with E-state index in [1.54, 1.807) is 6.92 Å². The number of nitrogens with one attached hydrogen (secondary N) is 1. The van der Waals surface area contributed by atoms with Gasteiger partial charge in [0.05, 0.1) is 38.8 Å². The van der Waals surface area contributed by atoms with E-state index in [-0.39, 0.29) is 42.0 Å². The zero-order chi connectivity index (χ0) is 18.5. The lowest BCUT2D eigenvalue weighted by atomic mass is 10.0. The molecule has 7 heteroatoms. The van der Waals surface area contributed by atoms with Crippen LogP contribution in [0.2, 0.25) is 0 Å². The van der Waals surface area contributed by atoms with Gasteiger partial charge in [-0.2, -0.15) is 0 Å². The van der Waals surface area contributed by atoms with Crippen molar-refractivity contribution in [1.82, 2.24) is 10.2 Å². The fraction of sp³-hybridized carbons (Fsp3) is 0.579. The van der Waals surface area contributed by atoms with Crippen molar-refractivity contribution in [2.45, 2.75) is 32.9 Å². The number of amides is 2. The first kappa shape index (κ1) is 22.7. The van der Waals surface area contributed by atoms with Crippen molar-refractivity contribution in [1.29, 1.82) is 0 Å². The molecular weight excluding hydrogens is 445 g/mol. The van der Waals surface area contributed by atoms with Crippen LogP contribution in [-0.2, 0) is 16.1 Å². The molecule has 1 aromatic carbocycles. The van der Waals surface area contributed by atoms with E-state index in [9.17, 15) is 9.59 Å². The van der Waals surface area contributed by atoms with Crippen LogP contribution in [0.1, 0.15) is 26.3 Å². The zero-order valence-corrected chi connectivity index (χ0v) is 18.3. The Morgan fingerprint density at radius 3 is 2.31 bits per heavy atom. The first-order valence-electron chi connectivity index (χ1n) is 8.77. The zero-order valence-electron chi connectivity index (χ0n) is 16.1. The normalized spacial score (nSPS) is 16.4. The highest BCUT2D eigenvalue weighted by atomic mass is 127. The molecule has 1 N–H and O–H groups in total. The van der Waals surface area contributed by atoms with Crippen LogP contribution in [0, 0.1) is 0 Å². The Labute approximate surface area is 173 Å². The van der Waals surface area contributed by atoms with Crippen molar-refractivity contribution in [3.63, 3.8) is 0 Å². The largest absolute Gasteiger partial charge is 1.00 e. The number of benzene rings is 1. The van der Waals surface area contributed by atoms with Crippen LogP contribution < -0.4 is 29.3 Å². The van der Waals surface area contributed by atoms with Crippen LogP contribution in [0.4, 0.5) is 4.79 Å². The van der Waals surface area contributed by atoms with E-state index in [1.165, 1.54) is 0 Å². The Morgan fingerprint density at radius 2 is 1.77 bits per heavy atom. The van der Waals surface area contributed by atoms with Crippen molar-refractivity contribution in [3.05, 3.63) is 35.9 Å². The Balaban J connectivity index is 0.00000338. The fourth-order valence-electron chi connectivity index (χ4n) is 3.45. The smallest absolute Gasteiger partial charge is 0.408 e. The highest BCUT2D eigenvalue weighted by Gasteiger charge is 2.36. The molecule has 2 rings (SSSR count). The van der Waals surface area contributed by atoms with Crippen LogP contribution >= 0.6 is 0 Å². The summed E-state index contributed by atoms with van der Waals surface area (Å²) in [4.78, 5) is 25.5. The summed E-state index contributed by atoms with van der Waals surface area (Å²) in [5.74, 6) is 0.133. The number of likely N-dealkylation sites (N-methyl/N-ethyl adjacent to an activating group) is 1. The summed E-state index contributed by atoms with van der Waals surface area (Å²) in [6.07, 6.45) is -0.400. The van der Waals surface area contributed by atoms with Gasteiger partial charge < -0.3 is 43.4 Å². The van der Waals surface area contributed by atoms with Gasteiger partial charge in [-0.1, -0.05) is 30.3 Å². The van der Waals surface area contributed by atoms with Crippen molar-refractivity contribution >= 4 is 12.0 Å². The molecule has 1 aliphatic rings. The molecule has 2 amide bonds. The summed E-state index contributed by atoms with van der Waals surface area (Å²) in [6.45, 7) is 10.0. The quantitative estimate of drug-likeness (QED) is 0.440. The van der Waals surface area contributed by atoms with E-state index in [2.05, 4.69) is 12.4 Å². The standard InChI is InChI=1S/C19H29N3O3.HI/c1-16(23)21-10-12-22(4,13-11-21)15-19(2,3)20-18(24)25-14-17-8-6-5-7-9-17;/h5-9H,10-15H2,1-4H3;1H. The Bertz CT molecular complexity index is 599. The van der Waals surface area contributed by atoms with Gasteiger partial charge in [0.1, 0.15) is 13.2 Å². The maximum Gasteiger partial charge on any atom is 0.408 e. The Kier molecular flexibility index (Phi) is 8.33. The predicted molar refractivity (Wildman–Crippen MR) is 96.9 cm³/mol. The summed E-state index contributed by atoms with van der Waals surface area (Å²) in [6, 6.07) is 9.64. The number of ether oxygens (including phenoxy) is 1. The van der Waals surface area contributed by atoms with E-state index in [0.717, 1.165) is 42.8 Å². The van der Waals surface area contributed by atoms with Crippen molar-refractivity contribution in [2.24, 2.45) is 0 Å². The molecule has 0 saturated carbocycles. The van der Waals surface area contributed by atoms with Crippen LogP contribution in [0.15, 0.2) is 30.3 Å². The third kappa shape index (κ3) is 7.11. The van der Waals surface area contributed by atoms with Gasteiger partial charge in [0.15, 0.2) is 0 Å². The third-order valence-corrected chi connectivity index (χ3v) is 4.70. The van der Waals surface area contributed by atoms with Crippen LogP contribution in [-0.4, -0.2) is 66.7 Å². The van der Waals surface area contributed by atoms with Crippen molar-refractivity contribution in [3.8, 4) is 0 Å². The lowest BCUT2D eigenvalue weighted by Gasteiger charge is -2.45. The number of carbonyl (C=O) groups is 2. The van der Waals surface area contributed by atoms with Crippen LogP contribution in [0.3, 0.4) is 0 Å². The minimum Gasteiger partial charge on any atom is -1.00 e.